The third-order valence-electron chi connectivity index (χ3n) is 4.25. The van der Waals surface area contributed by atoms with E-state index in [9.17, 15) is 13.2 Å². The average molecular weight is 386 g/mol. The molecule has 0 bridgehead atoms. The van der Waals surface area contributed by atoms with E-state index in [2.05, 4.69) is 12.1 Å². The lowest BCUT2D eigenvalue weighted by atomic mass is 9.96. The predicted molar refractivity (Wildman–Crippen MR) is 96.7 cm³/mol. The molecule has 1 amide bonds. The van der Waals surface area contributed by atoms with Crippen LogP contribution in [0, 0.1) is 0 Å². The number of benzene rings is 1. The summed E-state index contributed by atoms with van der Waals surface area (Å²) in [4.78, 5) is 18.4. The van der Waals surface area contributed by atoms with E-state index in [4.69, 9.17) is 10.0 Å². The van der Waals surface area contributed by atoms with Gasteiger partial charge in [-0.1, -0.05) is 24.2 Å². The number of nitrogens with zero attached hydrogens (tertiary/aromatic N) is 1. The van der Waals surface area contributed by atoms with Crippen molar-refractivity contribution < 1.29 is 23.3 Å². The van der Waals surface area contributed by atoms with Crippen LogP contribution < -0.4 is 5.48 Å². The topological polar surface area (TPSA) is 105 Å². The molecule has 138 valence electrons. The molecular formula is C16H22N2O5S2. The van der Waals surface area contributed by atoms with Crippen molar-refractivity contribution in [3.63, 3.8) is 0 Å². The Balaban J connectivity index is 2.09. The molecule has 0 radical (unpaired) electrons. The van der Waals surface area contributed by atoms with Gasteiger partial charge in [-0.05, 0) is 30.4 Å². The molecule has 1 aliphatic rings. The highest BCUT2D eigenvalue weighted by Crippen LogP contribution is 2.29. The Labute approximate surface area is 151 Å². The molecule has 7 nitrogen and oxygen atoms in total. The Morgan fingerprint density at radius 3 is 2.60 bits per heavy atom. The maximum absolute atomic E-state index is 12.0. The van der Waals surface area contributed by atoms with Crippen LogP contribution in [0.1, 0.15) is 32.3 Å². The van der Waals surface area contributed by atoms with Crippen LogP contribution in [0.15, 0.2) is 34.3 Å². The lowest BCUT2D eigenvalue weighted by Crippen LogP contribution is -2.51. The largest absolute Gasteiger partial charge is 0.392 e. The minimum atomic E-state index is -3.76. The van der Waals surface area contributed by atoms with Crippen molar-refractivity contribution in [3.8, 4) is 0 Å². The van der Waals surface area contributed by atoms with Gasteiger partial charge >= 0.3 is 0 Å². The van der Waals surface area contributed by atoms with Crippen molar-refractivity contribution in [2.24, 2.45) is 5.16 Å². The van der Waals surface area contributed by atoms with Gasteiger partial charge in [0, 0.05) is 24.0 Å². The Bertz CT molecular complexity index is 761. The van der Waals surface area contributed by atoms with E-state index >= 15 is 0 Å². The summed E-state index contributed by atoms with van der Waals surface area (Å²) in [5.74, 6) is 0.00986. The number of hydroxylamine groups is 1. The molecule has 0 fully saturated rings. The highest BCUT2D eigenvalue weighted by molar-refractivity contribution is 7.99. The summed E-state index contributed by atoms with van der Waals surface area (Å²) in [6.45, 7) is 3.35. The fourth-order valence-corrected chi connectivity index (χ4v) is 4.12. The van der Waals surface area contributed by atoms with Gasteiger partial charge in [-0.3, -0.25) is 10.0 Å². The maximum atomic E-state index is 12.0. The fraction of sp³-hybridized carbons (Fsp3) is 0.500. The van der Waals surface area contributed by atoms with E-state index in [1.54, 1.807) is 11.8 Å². The van der Waals surface area contributed by atoms with Crippen molar-refractivity contribution in [2.75, 3.05) is 12.0 Å². The maximum Gasteiger partial charge on any atom is 0.264 e. The van der Waals surface area contributed by atoms with E-state index in [1.165, 1.54) is 12.4 Å². The molecule has 25 heavy (non-hydrogen) atoms. The van der Waals surface area contributed by atoms with E-state index in [0.717, 1.165) is 22.5 Å². The molecule has 1 aromatic carbocycles. The second kappa shape index (κ2) is 7.76. The number of thioether (sulfide) groups is 1. The quantitative estimate of drug-likeness (QED) is 0.422. The van der Waals surface area contributed by atoms with Crippen molar-refractivity contribution in [3.05, 3.63) is 29.8 Å². The molecule has 9 heteroatoms. The van der Waals surface area contributed by atoms with E-state index in [-0.39, 0.29) is 6.42 Å². The smallest absolute Gasteiger partial charge is 0.264 e. The Kier molecular flexibility index (Phi) is 6.12. The summed E-state index contributed by atoms with van der Waals surface area (Å²) < 4.78 is 22.3. The predicted octanol–water partition coefficient (Wildman–Crippen LogP) is 1.99. The molecule has 1 heterocycles. The molecule has 1 aliphatic heterocycles. The molecule has 0 aromatic heterocycles. The number of oxime groups is 1. The van der Waals surface area contributed by atoms with Crippen LogP contribution in [-0.2, 0) is 19.5 Å². The van der Waals surface area contributed by atoms with Crippen molar-refractivity contribution in [2.45, 2.75) is 42.4 Å². The minimum absolute atomic E-state index is 0.102. The highest BCUT2D eigenvalue weighted by atomic mass is 32.2. The standard InChI is InChI=1S/C16H22N2O5S2/c1-4-24-13-7-5-11(6-8-13)14-9-12(23-18-14)10-16(2,15(19)17-20)25(3,21)22/h5-8,12,20H,4,9-10H2,1-3H3,(H,17,19)/t12-,16-/m1/s1. The van der Waals surface area contributed by atoms with Crippen LogP contribution in [0.5, 0.6) is 0 Å². The summed E-state index contributed by atoms with van der Waals surface area (Å²) in [5, 5.41) is 12.9. The van der Waals surface area contributed by atoms with Gasteiger partial charge in [0.05, 0.1) is 5.71 Å². The number of hydrogen-bond donors (Lipinski definition) is 2. The Morgan fingerprint density at radius 1 is 1.44 bits per heavy atom. The van der Waals surface area contributed by atoms with Crippen LogP contribution in [0.4, 0.5) is 0 Å². The second-order valence-corrected chi connectivity index (χ2v) is 9.86. The molecule has 2 atom stereocenters. The highest BCUT2D eigenvalue weighted by Gasteiger charge is 2.47. The molecule has 0 saturated heterocycles. The SMILES string of the molecule is CCSc1ccc(C2=NO[C@@H](C[C@](C)(C(=O)NO)S(C)(=O)=O)C2)cc1. The van der Waals surface area contributed by atoms with Crippen LogP contribution in [-0.4, -0.2) is 48.1 Å². The zero-order chi connectivity index (χ0) is 18.7. The number of nitrogens with one attached hydrogen (secondary N) is 1. The summed E-state index contributed by atoms with van der Waals surface area (Å²) >= 11 is 1.74. The zero-order valence-electron chi connectivity index (χ0n) is 14.4. The first-order valence-corrected chi connectivity index (χ1v) is 10.7. The van der Waals surface area contributed by atoms with Gasteiger partial charge in [-0.25, -0.2) is 13.9 Å². The zero-order valence-corrected chi connectivity index (χ0v) is 16.0. The third kappa shape index (κ3) is 4.34. The van der Waals surface area contributed by atoms with Crippen molar-refractivity contribution in [1.29, 1.82) is 0 Å². The first-order valence-electron chi connectivity index (χ1n) is 7.81. The van der Waals surface area contributed by atoms with E-state index in [0.29, 0.717) is 12.1 Å². The first-order chi connectivity index (χ1) is 11.7. The molecule has 0 saturated carbocycles. The number of carbonyl (C=O) groups excluding carboxylic acids is 1. The van der Waals surface area contributed by atoms with Gasteiger partial charge in [-0.15, -0.1) is 11.8 Å². The lowest BCUT2D eigenvalue weighted by molar-refractivity contribution is -0.132. The van der Waals surface area contributed by atoms with Gasteiger partial charge in [0.25, 0.3) is 5.91 Å². The lowest BCUT2D eigenvalue weighted by Gasteiger charge is -2.26. The minimum Gasteiger partial charge on any atom is -0.392 e. The molecule has 2 N–H and O–H groups in total. The molecule has 0 aliphatic carbocycles. The Hall–Kier alpha value is -1.58. The molecule has 2 rings (SSSR count). The number of rotatable bonds is 7. The normalized spacial score (nSPS) is 19.7. The summed E-state index contributed by atoms with van der Waals surface area (Å²) in [6.07, 6.45) is 0.694. The number of carbonyl (C=O) groups is 1. The average Bonchev–Trinajstić information content (AvgIpc) is 3.02. The first kappa shape index (κ1) is 19.7. The van der Waals surface area contributed by atoms with Gasteiger partial charge in [0.15, 0.2) is 14.6 Å². The third-order valence-corrected chi connectivity index (χ3v) is 7.13. The van der Waals surface area contributed by atoms with Crippen LogP contribution in [0.25, 0.3) is 0 Å². The van der Waals surface area contributed by atoms with Crippen molar-refractivity contribution in [1.82, 2.24) is 5.48 Å². The van der Waals surface area contributed by atoms with E-state index < -0.39 is 26.6 Å². The molecule has 1 aromatic rings. The number of sulfone groups is 1. The van der Waals surface area contributed by atoms with Crippen LogP contribution in [0.3, 0.4) is 0 Å². The van der Waals surface area contributed by atoms with Gasteiger partial charge in [0.1, 0.15) is 6.10 Å². The number of amides is 1. The second-order valence-electron chi connectivity index (χ2n) is 6.07. The Morgan fingerprint density at radius 2 is 2.08 bits per heavy atom. The van der Waals surface area contributed by atoms with Crippen LogP contribution >= 0.6 is 11.8 Å². The van der Waals surface area contributed by atoms with Crippen LogP contribution in [0.2, 0.25) is 0 Å². The fourth-order valence-electron chi connectivity index (χ4n) is 2.58. The monoisotopic (exact) mass is 386 g/mol. The summed E-state index contributed by atoms with van der Waals surface area (Å²) in [6, 6.07) is 7.88. The number of hydrogen-bond acceptors (Lipinski definition) is 7. The summed E-state index contributed by atoms with van der Waals surface area (Å²) in [5.41, 5.74) is 3.04. The van der Waals surface area contributed by atoms with Gasteiger partial charge < -0.3 is 4.84 Å². The van der Waals surface area contributed by atoms with E-state index in [1.807, 2.05) is 24.3 Å². The van der Waals surface area contributed by atoms with Crippen molar-refractivity contribution >= 4 is 33.2 Å². The molecular weight excluding hydrogens is 364 g/mol. The van der Waals surface area contributed by atoms with Gasteiger partial charge in [-0.2, -0.15) is 0 Å². The molecule has 0 spiro atoms. The molecule has 0 unspecified atom stereocenters. The van der Waals surface area contributed by atoms with Gasteiger partial charge in [0.2, 0.25) is 0 Å². The summed E-state index contributed by atoms with van der Waals surface area (Å²) in [7, 11) is -3.76.